The van der Waals surface area contributed by atoms with Gasteiger partial charge < -0.3 is 4.74 Å². The predicted octanol–water partition coefficient (Wildman–Crippen LogP) is 4.82. The molecule has 0 fully saturated rings. The minimum atomic E-state index is 0.303. The van der Waals surface area contributed by atoms with E-state index in [2.05, 4.69) is 11.8 Å². The summed E-state index contributed by atoms with van der Waals surface area (Å²) in [5.41, 5.74) is 2.93. The van der Waals surface area contributed by atoms with E-state index < -0.39 is 0 Å². The number of alkyl halides is 1. The minimum Gasteiger partial charge on any atom is -0.488 e. The molecule has 0 N–H and O–H groups in total. The number of hydrogen-bond acceptors (Lipinski definition) is 1. The van der Waals surface area contributed by atoms with E-state index in [-0.39, 0.29) is 0 Å². The molecule has 0 aliphatic heterocycles. The molecule has 0 heterocycles. The van der Waals surface area contributed by atoms with Crippen molar-refractivity contribution in [2.24, 2.45) is 0 Å². The Morgan fingerprint density at radius 2 is 1.95 bits per heavy atom. The van der Waals surface area contributed by atoms with E-state index in [1.807, 2.05) is 49.4 Å². The maximum atomic E-state index is 6.11. The summed E-state index contributed by atoms with van der Waals surface area (Å²) in [6.45, 7) is 2.43. The van der Waals surface area contributed by atoms with Crippen molar-refractivity contribution in [3.63, 3.8) is 0 Å². The van der Waals surface area contributed by atoms with Crippen molar-refractivity contribution >= 4 is 23.2 Å². The number of aryl methyl sites for hydroxylation is 1. The van der Waals surface area contributed by atoms with Gasteiger partial charge in [-0.25, -0.2) is 0 Å². The van der Waals surface area contributed by atoms with E-state index >= 15 is 0 Å². The Kier molecular flexibility index (Phi) is 5.35. The molecule has 20 heavy (non-hydrogen) atoms. The summed E-state index contributed by atoms with van der Waals surface area (Å²) in [4.78, 5) is 0. The summed E-state index contributed by atoms with van der Waals surface area (Å²) in [6.07, 6.45) is 0. The van der Waals surface area contributed by atoms with Gasteiger partial charge in [-0.2, -0.15) is 0 Å². The molecule has 0 aliphatic carbocycles. The summed E-state index contributed by atoms with van der Waals surface area (Å²) in [6, 6.07) is 13.5. The number of benzene rings is 2. The zero-order chi connectivity index (χ0) is 14.4. The maximum absolute atomic E-state index is 6.11. The van der Waals surface area contributed by atoms with Gasteiger partial charge in [0.15, 0.2) is 0 Å². The van der Waals surface area contributed by atoms with Crippen molar-refractivity contribution in [1.82, 2.24) is 0 Å². The van der Waals surface area contributed by atoms with Gasteiger partial charge in [0.1, 0.15) is 12.4 Å². The lowest BCUT2D eigenvalue weighted by Crippen LogP contribution is -1.98. The van der Waals surface area contributed by atoms with Crippen LogP contribution in [0.15, 0.2) is 42.5 Å². The van der Waals surface area contributed by atoms with Crippen molar-refractivity contribution in [3.05, 3.63) is 64.2 Å². The molecule has 0 radical (unpaired) electrons. The highest BCUT2D eigenvalue weighted by Gasteiger charge is 2.04. The highest BCUT2D eigenvalue weighted by molar-refractivity contribution is 6.31. The number of hydrogen-bond donors (Lipinski definition) is 0. The third-order valence-electron chi connectivity index (χ3n) is 2.77. The first-order valence-electron chi connectivity index (χ1n) is 6.22. The Morgan fingerprint density at radius 3 is 2.70 bits per heavy atom. The van der Waals surface area contributed by atoms with Gasteiger partial charge in [0.25, 0.3) is 0 Å². The summed E-state index contributed by atoms with van der Waals surface area (Å²) < 4.78 is 5.83. The zero-order valence-corrected chi connectivity index (χ0v) is 12.6. The number of ether oxygens (including phenoxy) is 1. The largest absolute Gasteiger partial charge is 0.488 e. The molecular formula is C17H14Cl2O. The van der Waals surface area contributed by atoms with Gasteiger partial charge >= 0.3 is 0 Å². The standard InChI is InChI=1S/C17H14Cl2O/c1-13-8-9-17(14(11-13)6-4-10-18)20-12-15-5-2-3-7-16(15)19/h2-3,5,7-9,11H,10,12H2,1H3. The van der Waals surface area contributed by atoms with Crippen molar-refractivity contribution in [2.45, 2.75) is 13.5 Å². The second kappa shape index (κ2) is 7.24. The molecule has 1 nitrogen and oxygen atoms in total. The van der Waals surface area contributed by atoms with Gasteiger partial charge in [-0.3, -0.25) is 0 Å². The van der Waals surface area contributed by atoms with Crippen molar-refractivity contribution in [1.29, 1.82) is 0 Å². The van der Waals surface area contributed by atoms with Crippen molar-refractivity contribution < 1.29 is 4.74 Å². The first-order valence-corrected chi connectivity index (χ1v) is 7.13. The van der Waals surface area contributed by atoms with Crippen LogP contribution in [-0.2, 0) is 6.61 Å². The molecule has 102 valence electrons. The number of rotatable bonds is 3. The summed E-state index contributed by atoms with van der Waals surface area (Å²) in [5.74, 6) is 6.91. The maximum Gasteiger partial charge on any atom is 0.135 e. The first-order chi connectivity index (χ1) is 9.70. The van der Waals surface area contributed by atoms with Crippen LogP contribution in [0.25, 0.3) is 0 Å². The van der Waals surface area contributed by atoms with Crippen LogP contribution in [0.2, 0.25) is 5.02 Å². The highest BCUT2D eigenvalue weighted by Crippen LogP contribution is 2.22. The Hall–Kier alpha value is -1.62. The van der Waals surface area contributed by atoms with Crippen molar-refractivity contribution in [2.75, 3.05) is 5.88 Å². The lowest BCUT2D eigenvalue weighted by Gasteiger charge is -2.10. The topological polar surface area (TPSA) is 9.23 Å². The van der Waals surface area contributed by atoms with Crippen LogP contribution in [0.3, 0.4) is 0 Å². The SMILES string of the molecule is Cc1ccc(OCc2ccccc2Cl)c(C#CCCl)c1. The fourth-order valence-electron chi connectivity index (χ4n) is 1.77. The van der Waals surface area contributed by atoms with Gasteiger partial charge in [0, 0.05) is 10.6 Å². The van der Waals surface area contributed by atoms with Crippen LogP contribution in [0, 0.1) is 18.8 Å². The van der Waals surface area contributed by atoms with Gasteiger partial charge in [-0.15, -0.1) is 11.6 Å². The molecule has 3 heteroatoms. The molecule has 0 saturated heterocycles. The smallest absolute Gasteiger partial charge is 0.135 e. The summed E-state index contributed by atoms with van der Waals surface area (Å²) >= 11 is 11.7. The second-order valence-electron chi connectivity index (χ2n) is 4.32. The molecule has 0 aliphatic rings. The molecule has 0 unspecified atom stereocenters. The summed E-state index contributed by atoms with van der Waals surface area (Å²) in [7, 11) is 0. The van der Waals surface area contributed by atoms with Gasteiger partial charge in [-0.1, -0.05) is 47.7 Å². The minimum absolute atomic E-state index is 0.303. The quantitative estimate of drug-likeness (QED) is 0.583. The molecule has 2 aromatic carbocycles. The molecular weight excluding hydrogens is 291 g/mol. The fourth-order valence-corrected chi connectivity index (χ4v) is 2.02. The Balaban J connectivity index is 2.19. The fraction of sp³-hybridized carbons (Fsp3) is 0.176. The molecule has 0 saturated carbocycles. The normalized spacial score (nSPS) is 9.75. The summed E-state index contributed by atoms with van der Waals surface area (Å²) in [5, 5.41) is 0.702. The van der Waals surface area contributed by atoms with E-state index in [4.69, 9.17) is 27.9 Å². The third kappa shape index (κ3) is 3.93. The molecule has 0 bridgehead atoms. The van der Waals surface area contributed by atoms with E-state index in [0.717, 1.165) is 22.4 Å². The molecule has 0 amide bonds. The zero-order valence-electron chi connectivity index (χ0n) is 11.1. The Bertz CT molecular complexity index is 654. The molecule has 2 rings (SSSR count). The van der Waals surface area contributed by atoms with E-state index in [1.54, 1.807) is 0 Å². The van der Waals surface area contributed by atoms with Crippen LogP contribution in [0.1, 0.15) is 16.7 Å². The average molecular weight is 305 g/mol. The predicted molar refractivity (Wildman–Crippen MR) is 84.6 cm³/mol. The Morgan fingerprint density at radius 1 is 1.15 bits per heavy atom. The number of halogens is 2. The van der Waals surface area contributed by atoms with E-state index in [9.17, 15) is 0 Å². The van der Waals surface area contributed by atoms with Crippen LogP contribution in [0.5, 0.6) is 5.75 Å². The molecule has 2 aromatic rings. The molecule has 0 aromatic heterocycles. The van der Waals surface area contributed by atoms with Crippen molar-refractivity contribution in [3.8, 4) is 17.6 Å². The second-order valence-corrected chi connectivity index (χ2v) is 4.99. The van der Waals surface area contributed by atoms with Crippen LogP contribution in [-0.4, -0.2) is 5.88 Å². The first kappa shape index (κ1) is 14.8. The van der Waals surface area contributed by atoms with Crippen LogP contribution in [0.4, 0.5) is 0 Å². The van der Waals surface area contributed by atoms with Crippen LogP contribution >= 0.6 is 23.2 Å². The molecule has 0 spiro atoms. The third-order valence-corrected chi connectivity index (χ3v) is 3.27. The van der Waals surface area contributed by atoms with Gasteiger partial charge in [-0.05, 0) is 30.7 Å². The van der Waals surface area contributed by atoms with E-state index in [1.165, 1.54) is 0 Å². The lowest BCUT2D eigenvalue weighted by atomic mass is 10.1. The van der Waals surface area contributed by atoms with E-state index in [0.29, 0.717) is 17.5 Å². The lowest BCUT2D eigenvalue weighted by molar-refractivity contribution is 0.305. The Labute approximate surface area is 129 Å². The van der Waals surface area contributed by atoms with Crippen LogP contribution < -0.4 is 4.74 Å². The average Bonchev–Trinajstić information content (AvgIpc) is 2.45. The highest BCUT2D eigenvalue weighted by atomic mass is 35.5. The molecule has 0 atom stereocenters. The monoisotopic (exact) mass is 304 g/mol. The van der Waals surface area contributed by atoms with Gasteiger partial charge in [0.2, 0.25) is 0 Å². The van der Waals surface area contributed by atoms with Gasteiger partial charge in [0.05, 0.1) is 11.4 Å².